The number of anilines is 1. The summed E-state index contributed by atoms with van der Waals surface area (Å²) in [6.45, 7) is 1.53. The lowest BCUT2D eigenvalue weighted by Crippen LogP contribution is -2.31. The van der Waals surface area contributed by atoms with E-state index in [1.807, 2.05) is 0 Å². The summed E-state index contributed by atoms with van der Waals surface area (Å²) in [6, 6.07) is 7.99. The van der Waals surface area contributed by atoms with Crippen LogP contribution in [0.1, 0.15) is 51.9 Å². The summed E-state index contributed by atoms with van der Waals surface area (Å²) in [5.41, 5.74) is 0.0871. The fraction of sp³-hybridized carbons (Fsp3) is 0.240. The summed E-state index contributed by atoms with van der Waals surface area (Å²) in [5.74, 6) is -4.31. The number of carbonyl (C=O) groups excluding carboxylic acids is 3. The van der Waals surface area contributed by atoms with E-state index in [2.05, 4.69) is 10.6 Å². The zero-order valence-electron chi connectivity index (χ0n) is 19.6. The second kappa shape index (κ2) is 11.8. The van der Waals surface area contributed by atoms with Crippen LogP contribution in [-0.2, 0) is 11.3 Å². The largest absolute Gasteiger partial charge is 0.345 e. The van der Waals surface area contributed by atoms with Crippen LogP contribution < -0.4 is 10.6 Å². The van der Waals surface area contributed by atoms with Crippen LogP contribution in [0.2, 0.25) is 10.0 Å². The molecule has 0 radical (unpaired) electrons. The van der Waals surface area contributed by atoms with E-state index < -0.39 is 48.1 Å². The molecular formula is C25H21Cl2F4N3O3. The summed E-state index contributed by atoms with van der Waals surface area (Å²) in [7, 11) is 0. The van der Waals surface area contributed by atoms with E-state index >= 15 is 0 Å². The van der Waals surface area contributed by atoms with Crippen LogP contribution >= 0.6 is 23.2 Å². The number of nitrogens with zero attached hydrogens (tertiary/aromatic N) is 1. The lowest BCUT2D eigenvalue weighted by atomic mass is 9.96. The highest BCUT2D eigenvalue weighted by molar-refractivity contribution is 6.31. The fourth-order valence-corrected chi connectivity index (χ4v) is 4.35. The first-order chi connectivity index (χ1) is 17.4. The Hall–Kier alpha value is -3.37. The number of halogens is 6. The average molecular weight is 558 g/mol. The minimum atomic E-state index is -2.83. The van der Waals surface area contributed by atoms with Crippen molar-refractivity contribution in [3.05, 3.63) is 86.7 Å². The second-order valence-electron chi connectivity index (χ2n) is 8.22. The van der Waals surface area contributed by atoms with Crippen LogP contribution in [0.15, 0.2) is 42.5 Å². The first kappa shape index (κ1) is 28.2. The molecule has 2 amide bonds. The minimum Gasteiger partial charge on any atom is -0.345 e. The maximum absolute atomic E-state index is 14.1. The molecule has 0 aliphatic heterocycles. The molecule has 3 aromatic rings. The van der Waals surface area contributed by atoms with Crippen molar-refractivity contribution in [2.24, 2.45) is 0 Å². The van der Waals surface area contributed by atoms with Crippen molar-refractivity contribution >= 4 is 46.5 Å². The van der Waals surface area contributed by atoms with Gasteiger partial charge < -0.3 is 15.2 Å². The van der Waals surface area contributed by atoms with Crippen molar-refractivity contribution in [1.82, 2.24) is 9.88 Å². The van der Waals surface area contributed by atoms with Gasteiger partial charge in [0.25, 0.3) is 18.2 Å². The summed E-state index contributed by atoms with van der Waals surface area (Å²) >= 11 is 12.1. The first-order valence-electron chi connectivity index (χ1n) is 10.9. The standard InChI is InChI=1S/C25H21Cl2F4N3O3/c1-12(35)11-34-21(25(37)32-10-22(30)31)9-20(33-24(36)14-5-15(26)7-17(29)6-14)23(34)13(2)18-8-16(28)3-4-19(18)27/h3-9,13,22H,10-11H2,1-2H3,(H,32,37)(H,33,36)/t13-/m1/s1. The predicted octanol–water partition coefficient (Wildman–Crippen LogP) is 6.06. The molecule has 3 rings (SSSR count). The number of hydrogen-bond donors (Lipinski definition) is 2. The summed E-state index contributed by atoms with van der Waals surface area (Å²) in [5, 5.41) is 4.76. The van der Waals surface area contributed by atoms with E-state index in [0.717, 1.165) is 24.3 Å². The van der Waals surface area contributed by atoms with Crippen LogP contribution in [0.5, 0.6) is 0 Å². The molecule has 2 N–H and O–H groups in total. The lowest BCUT2D eigenvalue weighted by molar-refractivity contribution is -0.117. The Morgan fingerprint density at radius 3 is 2.30 bits per heavy atom. The van der Waals surface area contributed by atoms with Crippen LogP contribution in [0.25, 0.3) is 0 Å². The van der Waals surface area contributed by atoms with Gasteiger partial charge in [-0.15, -0.1) is 0 Å². The van der Waals surface area contributed by atoms with E-state index in [9.17, 15) is 31.9 Å². The zero-order chi connectivity index (χ0) is 27.4. The molecule has 6 nitrogen and oxygen atoms in total. The quantitative estimate of drug-likeness (QED) is 0.314. The highest BCUT2D eigenvalue weighted by atomic mass is 35.5. The molecule has 0 aliphatic carbocycles. The number of carbonyl (C=O) groups is 3. The third-order valence-corrected chi connectivity index (χ3v) is 5.94. The number of benzene rings is 2. The molecule has 0 saturated carbocycles. The Kier molecular flexibility index (Phi) is 8.98. The number of hydrogen-bond acceptors (Lipinski definition) is 3. The monoisotopic (exact) mass is 557 g/mol. The number of alkyl halides is 2. The average Bonchev–Trinajstić information content (AvgIpc) is 3.14. The maximum atomic E-state index is 14.1. The number of nitrogens with one attached hydrogen (secondary N) is 2. The van der Waals surface area contributed by atoms with Gasteiger partial charge in [0.05, 0.1) is 18.8 Å². The van der Waals surface area contributed by atoms with Crippen LogP contribution in [0.4, 0.5) is 23.2 Å². The van der Waals surface area contributed by atoms with Crippen molar-refractivity contribution in [2.45, 2.75) is 32.7 Å². The molecule has 0 spiro atoms. The topological polar surface area (TPSA) is 80.2 Å². The molecule has 37 heavy (non-hydrogen) atoms. The van der Waals surface area contributed by atoms with Crippen molar-refractivity contribution in [2.75, 3.05) is 11.9 Å². The van der Waals surface area contributed by atoms with Gasteiger partial charge in [0, 0.05) is 27.2 Å². The Balaban J connectivity index is 2.19. The van der Waals surface area contributed by atoms with Crippen molar-refractivity contribution < 1.29 is 31.9 Å². The third-order valence-electron chi connectivity index (χ3n) is 5.38. The van der Waals surface area contributed by atoms with Gasteiger partial charge in [0.2, 0.25) is 0 Å². The molecule has 0 fully saturated rings. The number of rotatable bonds is 9. The van der Waals surface area contributed by atoms with Gasteiger partial charge in [-0.1, -0.05) is 30.1 Å². The maximum Gasteiger partial charge on any atom is 0.268 e. The summed E-state index contributed by atoms with van der Waals surface area (Å²) in [4.78, 5) is 37.9. The van der Waals surface area contributed by atoms with E-state index in [0.29, 0.717) is 0 Å². The molecule has 1 heterocycles. The summed E-state index contributed by atoms with van der Waals surface area (Å²) in [6.07, 6.45) is -2.83. The smallest absolute Gasteiger partial charge is 0.268 e. The number of amides is 2. The van der Waals surface area contributed by atoms with Gasteiger partial charge in [-0.25, -0.2) is 17.6 Å². The highest BCUT2D eigenvalue weighted by Crippen LogP contribution is 2.37. The zero-order valence-corrected chi connectivity index (χ0v) is 21.1. The van der Waals surface area contributed by atoms with Crippen LogP contribution in [-0.4, -0.2) is 35.1 Å². The van der Waals surface area contributed by atoms with Crippen LogP contribution in [0, 0.1) is 11.6 Å². The normalized spacial score (nSPS) is 11.9. The van der Waals surface area contributed by atoms with Gasteiger partial charge in [0.1, 0.15) is 23.1 Å². The molecule has 196 valence electrons. The molecule has 12 heteroatoms. The molecule has 1 atom stereocenters. The first-order valence-corrected chi connectivity index (χ1v) is 11.6. The minimum absolute atomic E-state index is 0.00154. The number of ketones is 1. The van der Waals surface area contributed by atoms with Crippen molar-refractivity contribution in [1.29, 1.82) is 0 Å². The molecule has 0 saturated heterocycles. The SMILES string of the molecule is CC(=O)Cn1c(C(=O)NCC(F)F)cc(NC(=O)c2cc(F)cc(Cl)c2)c1[C@H](C)c1cc(F)ccc1Cl. The van der Waals surface area contributed by atoms with Crippen molar-refractivity contribution in [3.8, 4) is 0 Å². The van der Waals surface area contributed by atoms with Crippen LogP contribution in [0.3, 0.4) is 0 Å². The molecule has 2 aromatic carbocycles. The molecule has 0 aliphatic rings. The lowest BCUT2D eigenvalue weighted by Gasteiger charge is -2.20. The summed E-state index contributed by atoms with van der Waals surface area (Å²) < 4.78 is 54.6. The molecule has 1 aromatic heterocycles. The molecule has 0 unspecified atom stereocenters. The van der Waals surface area contributed by atoms with Gasteiger partial charge in [0.15, 0.2) is 0 Å². The second-order valence-corrected chi connectivity index (χ2v) is 9.06. The van der Waals surface area contributed by atoms with Crippen molar-refractivity contribution in [3.63, 3.8) is 0 Å². The fourth-order valence-electron chi connectivity index (χ4n) is 3.85. The highest BCUT2D eigenvalue weighted by Gasteiger charge is 2.28. The van der Waals surface area contributed by atoms with Gasteiger partial charge >= 0.3 is 0 Å². The molecular weight excluding hydrogens is 537 g/mol. The number of aromatic nitrogens is 1. The van der Waals surface area contributed by atoms with Gasteiger partial charge in [-0.05, 0) is 55.0 Å². The third kappa shape index (κ3) is 6.90. The number of Topliss-reactive ketones (excluding diaryl/α,β-unsaturated/α-hetero) is 1. The van der Waals surface area contributed by atoms with E-state index in [1.54, 1.807) is 6.92 Å². The Bertz CT molecular complexity index is 1340. The van der Waals surface area contributed by atoms with E-state index in [1.165, 1.54) is 29.7 Å². The van der Waals surface area contributed by atoms with E-state index in [4.69, 9.17) is 23.2 Å². The Labute approximate surface area is 219 Å². The van der Waals surface area contributed by atoms with E-state index in [-0.39, 0.29) is 44.8 Å². The van der Waals surface area contributed by atoms with Gasteiger partial charge in [-0.3, -0.25) is 14.4 Å². The molecule has 0 bridgehead atoms. The Morgan fingerprint density at radius 2 is 1.68 bits per heavy atom. The predicted molar refractivity (Wildman–Crippen MR) is 132 cm³/mol. The Morgan fingerprint density at radius 1 is 0.973 bits per heavy atom. The van der Waals surface area contributed by atoms with Gasteiger partial charge in [-0.2, -0.15) is 0 Å².